The Labute approximate surface area is 149 Å². The van der Waals surface area contributed by atoms with E-state index in [9.17, 15) is 9.59 Å². The summed E-state index contributed by atoms with van der Waals surface area (Å²) in [5.41, 5.74) is 1.73. The Balaban J connectivity index is 1.56. The molecule has 0 radical (unpaired) electrons. The lowest BCUT2D eigenvalue weighted by atomic mass is 10.2. The zero-order chi connectivity index (χ0) is 17.8. The highest BCUT2D eigenvalue weighted by Crippen LogP contribution is 2.31. The van der Waals surface area contributed by atoms with Crippen molar-refractivity contribution in [3.63, 3.8) is 0 Å². The van der Waals surface area contributed by atoms with Gasteiger partial charge < -0.3 is 19.5 Å². The number of hydrogen-bond donors (Lipinski definition) is 1. The van der Waals surface area contributed by atoms with Crippen molar-refractivity contribution in [1.29, 1.82) is 0 Å². The molecule has 0 aliphatic heterocycles. The van der Waals surface area contributed by atoms with Gasteiger partial charge in [-0.3, -0.25) is 4.79 Å². The van der Waals surface area contributed by atoms with Gasteiger partial charge in [-0.05, 0) is 30.9 Å². The Morgan fingerprint density at radius 2 is 1.80 bits per heavy atom. The monoisotopic (exact) mass is 361 g/mol. The van der Waals surface area contributed by atoms with E-state index in [1.807, 2.05) is 6.07 Å². The van der Waals surface area contributed by atoms with Crippen LogP contribution in [0.5, 0.6) is 11.5 Å². The van der Waals surface area contributed by atoms with E-state index in [1.54, 1.807) is 18.2 Å². The first-order valence-electron chi connectivity index (χ1n) is 7.90. The van der Waals surface area contributed by atoms with Crippen LogP contribution in [0.15, 0.2) is 24.3 Å². The maximum Gasteiger partial charge on any atom is 0.348 e. The first-order chi connectivity index (χ1) is 12.1. The van der Waals surface area contributed by atoms with Crippen molar-refractivity contribution < 1.29 is 23.8 Å². The molecular formula is C18H19NO5S. The predicted octanol–water partition coefficient (Wildman–Crippen LogP) is 3.05. The number of anilines is 1. The second-order valence-corrected chi connectivity index (χ2v) is 6.78. The number of thiophene rings is 1. The molecule has 0 atom stereocenters. The van der Waals surface area contributed by atoms with E-state index < -0.39 is 11.9 Å². The Morgan fingerprint density at radius 1 is 1.08 bits per heavy atom. The van der Waals surface area contributed by atoms with Crippen LogP contribution in [-0.4, -0.2) is 32.7 Å². The number of hydrogen-bond acceptors (Lipinski definition) is 6. The lowest BCUT2D eigenvalue weighted by molar-refractivity contribution is -0.119. The van der Waals surface area contributed by atoms with E-state index in [2.05, 4.69) is 5.32 Å². The highest BCUT2D eigenvalue weighted by molar-refractivity contribution is 7.14. The van der Waals surface area contributed by atoms with Crippen molar-refractivity contribution in [2.24, 2.45) is 0 Å². The SMILES string of the molecule is COc1cc(NC(=O)COC(=O)c2cc3c(s2)CCC3)cc(OC)c1. The van der Waals surface area contributed by atoms with Crippen molar-refractivity contribution in [1.82, 2.24) is 0 Å². The van der Waals surface area contributed by atoms with E-state index >= 15 is 0 Å². The highest BCUT2D eigenvalue weighted by atomic mass is 32.1. The summed E-state index contributed by atoms with van der Waals surface area (Å²) in [6.07, 6.45) is 3.17. The molecule has 0 saturated heterocycles. The number of carbonyl (C=O) groups is 2. The van der Waals surface area contributed by atoms with Crippen molar-refractivity contribution in [3.05, 3.63) is 39.6 Å². The van der Waals surface area contributed by atoms with Gasteiger partial charge in [0.05, 0.1) is 14.2 Å². The average Bonchev–Trinajstić information content (AvgIpc) is 3.21. The summed E-state index contributed by atoms with van der Waals surface area (Å²) in [5, 5.41) is 2.66. The second kappa shape index (κ2) is 7.57. The van der Waals surface area contributed by atoms with E-state index in [1.165, 1.54) is 36.0 Å². The number of fused-ring (bicyclic) bond motifs is 1. The third kappa shape index (κ3) is 4.11. The molecule has 132 valence electrons. The third-order valence-corrected chi connectivity index (χ3v) is 5.13. The minimum atomic E-state index is -0.460. The number of amides is 1. The Bertz CT molecular complexity index is 755. The summed E-state index contributed by atoms with van der Waals surface area (Å²) in [5.74, 6) is 0.227. The van der Waals surface area contributed by atoms with Crippen molar-refractivity contribution in [2.45, 2.75) is 19.3 Å². The summed E-state index contributed by atoms with van der Waals surface area (Å²) in [7, 11) is 3.06. The lowest BCUT2D eigenvalue weighted by Gasteiger charge is -2.10. The van der Waals surface area contributed by atoms with Crippen LogP contribution < -0.4 is 14.8 Å². The zero-order valence-corrected chi connectivity index (χ0v) is 14.9. The summed E-state index contributed by atoms with van der Waals surface area (Å²) < 4.78 is 15.4. The quantitative estimate of drug-likeness (QED) is 0.801. The fourth-order valence-electron chi connectivity index (χ4n) is 2.71. The topological polar surface area (TPSA) is 73.9 Å². The number of ether oxygens (including phenoxy) is 3. The van der Waals surface area contributed by atoms with Gasteiger partial charge in [0.1, 0.15) is 16.4 Å². The van der Waals surface area contributed by atoms with Crippen LogP contribution in [0, 0.1) is 0 Å². The molecule has 0 bridgehead atoms. The fourth-order valence-corrected chi connectivity index (χ4v) is 3.86. The largest absolute Gasteiger partial charge is 0.497 e. The van der Waals surface area contributed by atoms with E-state index in [0.717, 1.165) is 19.3 Å². The van der Waals surface area contributed by atoms with Crippen LogP contribution in [0.25, 0.3) is 0 Å². The van der Waals surface area contributed by atoms with Gasteiger partial charge in [0.2, 0.25) is 0 Å². The molecule has 1 N–H and O–H groups in total. The van der Waals surface area contributed by atoms with Crippen LogP contribution in [0.1, 0.15) is 26.5 Å². The number of methoxy groups -OCH3 is 2. The number of aryl methyl sites for hydroxylation is 2. The summed E-state index contributed by atoms with van der Waals surface area (Å²) in [6, 6.07) is 6.89. The summed E-state index contributed by atoms with van der Waals surface area (Å²) >= 11 is 1.46. The molecule has 0 spiro atoms. The molecule has 1 amide bonds. The first kappa shape index (κ1) is 17.3. The van der Waals surface area contributed by atoms with Gasteiger partial charge in [0, 0.05) is 28.8 Å². The molecule has 6 nitrogen and oxygen atoms in total. The van der Waals surface area contributed by atoms with E-state index in [-0.39, 0.29) is 6.61 Å². The van der Waals surface area contributed by atoms with Gasteiger partial charge in [-0.2, -0.15) is 0 Å². The van der Waals surface area contributed by atoms with Crippen LogP contribution in [0.3, 0.4) is 0 Å². The molecule has 1 aromatic carbocycles. The molecule has 7 heteroatoms. The zero-order valence-electron chi connectivity index (χ0n) is 14.1. The predicted molar refractivity (Wildman–Crippen MR) is 94.8 cm³/mol. The highest BCUT2D eigenvalue weighted by Gasteiger charge is 2.20. The number of carbonyl (C=O) groups excluding carboxylic acids is 2. The Morgan fingerprint density at radius 3 is 2.44 bits per heavy atom. The number of rotatable bonds is 6. The summed E-state index contributed by atoms with van der Waals surface area (Å²) in [4.78, 5) is 25.9. The lowest BCUT2D eigenvalue weighted by Crippen LogP contribution is -2.20. The van der Waals surface area contributed by atoms with Crippen LogP contribution >= 0.6 is 11.3 Å². The van der Waals surface area contributed by atoms with Crippen molar-refractivity contribution in [2.75, 3.05) is 26.1 Å². The number of esters is 1. The third-order valence-electron chi connectivity index (χ3n) is 3.92. The first-order valence-corrected chi connectivity index (χ1v) is 8.72. The van der Waals surface area contributed by atoms with Gasteiger partial charge in [-0.15, -0.1) is 11.3 Å². The maximum absolute atomic E-state index is 12.1. The smallest absolute Gasteiger partial charge is 0.348 e. The molecule has 2 aromatic rings. The summed E-state index contributed by atoms with van der Waals surface area (Å²) in [6.45, 7) is -0.346. The molecule has 0 fully saturated rings. The molecule has 0 saturated carbocycles. The van der Waals surface area contributed by atoms with Crippen LogP contribution in [-0.2, 0) is 22.4 Å². The van der Waals surface area contributed by atoms with Crippen LogP contribution in [0.2, 0.25) is 0 Å². The maximum atomic E-state index is 12.1. The fraction of sp³-hybridized carbons (Fsp3) is 0.333. The van der Waals surface area contributed by atoms with Gasteiger partial charge in [0.25, 0.3) is 5.91 Å². The molecule has 1 aromatic heterocycles. The van der Waals surface area contributed by atoms with Gasteiger partial charge in [-0.25, -0.2) is 4.79 Å². The number of nitrogens with one attached hydrogen (secondary N) is 1. The van der Waals surface area contributed by atoms with Crippen molar-refractivity contribution in [3.8, 4) is 11.5 Å². The molecule has 1 aliphatic rings. The van der Waals surface area contributed by atoms with Gasteiger partial charge >= 0.3 is 5.97 Å². The molecule has 25 heavy (non-hydrogen) atoms. The molecule has 0 unspecified atom stereocenters. The second-order valence-electron chi connectivity index (χ2n) is 5.64. The van der Waals surface area contributed by atoms with Crippen LogP contribution in [0.4, 0.5) is 5.69 Å². The molecule has 1 heterocycles. The van der Waals surface area contributed by atoms with E-state index in [0.29, 0.717) is 22.1 Å². The Hall–Kier alpha value is -2.54. The molecular weight excluding hydrogens is 342 g/mol. The Kier molecular flexibility index (Phi) is 5.23. The minimum absolute atomic E-state index is 0.346. The normalized spacial score (nSPS) is 12.4. The van der Waals surface area contributed by atoms with Crippen molar-refractivity contribution >= 4 is 28.9 Å². The van der Waals surface area contributed by atoms with Gasteiger partial charge in [0.15, 0.2) is 6.61 Å². The minimum Gasteiger partial charge on any atom is -0.497 e. The van der Waals surface area contributed by atoms with E-state index in [4.69, 9.17) is 14.2 Å². The molecule has 1 aliphatic carbocycles. The standard InChI is InChI=1S/C18H19NO5S/c1-22-13-7-12(8-14(9-13)23-2)19-17(20)10-24-18(21)16-6-11-4-3-5-15(11)25-16/h6-9H,3-5,10H2,1-2H3,(H,19,20). The number of benzene rings is 1. The van der Waals surface area contributed by atoms with Gasteiger partial charge in [-0.1, -0.05) is 0 Å². The average molecular weight is 361 g/mol. The molecule has 3 rings (SSSR count).